The second kappa shape index (κ2) is 2.41. The third-order valence-corrected chi connectivity index (χ3v) is 2.23. The molecule has 3 atom stereocenters. The predicted octanol–water partition coefficient (Wildman–Crippen LogP) is 2.62. The van der Waals surface area contributed by atoms with Gasteiger partial charge in [0.15, 0.2) is 0 Å². The molecular formula is C9H14. The van der Waals surface area contributed by atoms with Crippen LogP contribution in [0.15, 0.2) is 18.4 Å². The molecule has 0 aromatic rings. The highest BCUT2D eigenvalue weighted by Crippen LogP contribution is 2.43. The van der Waals surface area contributed by atoms with Crippen LogP contribution in [0.5, 0.6) is 0 Å². The number of hydrogen-bond acceptors (Lipinski definition) is 0. The van der Waals surface area contributed by atoms with E-state index >= 15 is 0 Å². The lowest BCUT2D eigenvalue weighted by molar-refractivity contribution is 0.587. The second-order valence-corrected chi connectivity index (χ2v) is 3.11. The van der Waals surface area contributed by atoms with Crippen molar-refractivity contribution in [3.8, 4) is 0 Å². The molecule has 0 saturated heterocycles. The summed E-state index contributed by atoms with van der Waals surface area (Å²) < 4.78 is 0. The maximum Gasteiger partial charge on any atom is -0.0155 e. The highest BCUT2D eigenvalue weighted by molar-refractivity contribution is 4.95. The van der Waals surface area contributed by atoms with Gasteiger partial charge < -0.3 is 0 Å². The van der Waals surface area contributed by atoms with Crippen LogP contribution in [-0.4, -0.2) is 0 Å². The van der Waals surface area contributed by atoms with Gasteiger partial charge in [0.1, 0.15) is 0 Å². The Labute approximate surface area is 57.3 Å². The molecule has 1 aliphatic rings. The summed E-state index contributed by atoms with van der Waals surface area (Å²) in [6.07, 6.45) is 3.48. The van der Waals surface area contributed by atoms with E-state index < -0.39 is 0 Å². The third-order valence-electron chi connectivity index (χ3n) is 2.23. The summed E-state index contributed by atoms with van der Waals surface area (Å²) in [5.41, 5.74) is 2.83. The van der Waals surface area contributed by atoms with E-state index in [0.717, 1.165) is 11.8 Å². The van der Waals surface area contributed by atoms with Crippen LogP contribution in [0, 0.1) is 17.8 Å². The minimum Gasteiger partial charge on any atom is -0.133 e. The average Bonchev–Trinajstić information content (AvgIpc) is 2.47. The van der Waals surface area contributed by atoms with E-state index in [-0.39, 0.29) is 0 Å². The molecule has 1 rings (SSSR count). The fourth-order valence-corrected chi connectivity index (χ4v) is 1.39. The maximum atomic E-state index is 3.56. The van der Waals surface area contributed by atoms with Crippen molar-refractivity contribution in [1.29, 1.82) is 0 Å². The Balaban J connectivity index is 2.35. The van der Waals surface area contributed by atoms with Crippen molar-refractivity contribution in [3.63, 3.8) is 0 Å². The van der Waals surface area contributed by atoms with Gasteiger partial charge >= 0.3 is 0 Å². The fraction of sp³-hybridized carbons (Fsp3) is 0.667. The molecule has 0 bridgehead atoms. The summed E-state index contributed by atoms with van der Waals surface area (Å²) in [6, 6.07) is 0. The van der Waals surface area contributed by atoms with E-state index in [2.05, 4.69) is 32.2 Å². The van der Waals surface area contributed by atoms with Crippen molar-refractivity contribution < 1.29 is 0 Å². The largest absolute Gasteiger partial charge is 0.133 e. The van der Waals surface area contributed by atoms with E-state index in [1.807, 2.05) is 0 Å². The van der Waals surface area contributed by atoms with Gasteiger partial charge in [-0.25, -0.2) is 0 Å². The zero-order valence-corrected chi connectivity index (χ0v) is 6.22. The molecule has 1 saturated carbocycles. The van der Waals surface area contributed by atoms with E-state index in [9.17, 15) is 0 Å². The van der Waals surface area contributed by atoms with Crippen LogP contribution in [-0.2, 0) is 0 Å². The lowest BCUT2D eigenvalue weighted by Crippen LogP contribution is -1.91. The van der Waals surface area contributed by atoms with Gasteiger partial charge in [-0.05, 0) is 30.3 Å². The molecule has 0 spiro atoms. The zero-order chi connectivity index (χ0) is 6.85. The lowest BCUT2D eigenvalue weighted by Gasteiger charge is -1.99. The summed E-state index contributed by atoms with van der Waals surface area (Å²) in [7, 11) is 0. The van der Waals surface area contributed by atoms with Crippen LogP contribution in [0.4, 0.5) is 0 Å². The lowest BCUT2D eigenvalue weighted by atomic mass is 10.1. The summed E-state index contributed by atoms with van der Waals surface area (Å²) in [5.74, 6) is 2.58. The molecule has 0 aromatic carbocycles. The zero-order valence-electron chi connectivity index (χ0n) is 6.22. The number of allylic oxidation sites excluding steroid dienone is 1. The Morgan fingerprint density at radius 3 is 2.67 bits per heavy atom. The van der Waals surface area contributed by atoms with Crippen LogP contribution < -0.4 is 0 Å². The first-order valence-corrected chi connectivity index (χ1v) is 3.61. The molecule has 9 heavy (non-hydrogen) atoms. The van der Waals surface area contributed by atoms with E-state index in [4.69, 9.17) is 0 Å². The Kier molecular flexibility index (Phi) is 1.78. The van der Waals surface area contributed by atoms with Crippen molar-refractivity contribution in [3.05, 3.63) is 18.4 Å². The van der Waals surface area contributed by atoms with Gasteiger partial charge in [-0.1, -0.05) is 20.4 Å². The van der Waals surface area contributed by atoms with Crippen LogP contribution in [0.3, 0.4) is 0 Å². The van der Waals surface area contributed by atoms with Gasteiger partial charge in [-0.15, -0.1) is 5.73 Å². The van der Waals surface area contributed by atoms with Gasteiger partial charge in [0.2, 0.25) is 0 Å². The van der Waals surface area contributed by atoms with Gasteiger partial charge in [0.25, 0.3) is 0 Å². The first kappa shape index (κ1) is 6.64. The van der Waals surface area contributed by atoms with Crippen molar-refractivity contribution in [1.82, 2.24) is 0 Å². The molecule has 1 aliphatic carbocycles. The monoisotopic (exact) mass is 122 g/mol. The molecule has 0 amide bonds. The first-order chi connectivity index (χ1) is 4.25. The molecule has 0 aliphatic heterocycles. The predicted molar refractivity (Wildman–Crippen MR) is 40.1 cm³/mol. The Morgan fingerprint density at radius 2 is 2.33 bits per heavy atom. The molecule has 0 heteroatoms. The second-order valence-electron chi connectivity index (χ2n) is 3.11. The van der Waals surface area contributed by atoms with Crippen LogP contribution >= 0.6 is 0 Å². The third kappa shape index (κ3) is 1.46. The molecule has 0 aromatic heterocycles. The first-order valence-electron chi connectivity index (χ1n) is 3.61. The molecule has 50 valence electrons. The summed E-state index contributed by atoms with van der Waals surface area (Å²) >= 11 is 0. The fourth-order valence-electron chi connectivity index (χ4n) is 1.39. The highest BCUT2D eigenvalue weighted by Gasteiger charge is 2.35. The van der Waals surface area contributed by atoms with Gasteiger partial charge in [0, 0.05) is 0 Å². The van der Waals surface area contributed by atoms with E-state index in [1.54, 1.807) is 0 Å². The van der Waals surface area contributed by atoms with E-state index in [1.165, 1.54) is 6.42 Å². The van der Waals surface area contributed by atoms with Crippen molar-refractivity contribution in [2.45, 2.75) is 20.3 Å². The summed E-state index contributed by atoms with van der Waals surface area (Å²) in [4.78, 5) is 0. The quantitative estimate of drug-likeness (QED) is 0.494. The van der Waals surface area contributed by atoms with Crippen LogP contribution in [0.25, 0.3) is 0 Å². The van der Waals surface area contributed by atoms with Crippen molar-refractivity contribution in [2.75, 3.05) is 0 Å². The van der Waals surface area contributed by atoms with Gasteiger partial charge in [-0.2, -0.15) is 0 Å². The minimum atomic E-state index is 0.706. The normalized spacial score (nSPS) is 34.9. The number of rotatable bonds is 2. The topological polar surface area (TPSA) is 0 Å². The maximum absolute atomic E-state index is 3.56. The Bertz CT molecular complexity index is 140. The highest BCUT2D eigenvalue weighted by atomic mass is 14.4. The number of hydrogen-bond donors (Lipinski definition) is 0. The molecule has 0 nitrogen and oxygen atoms in total. The Hall–Kier alpha value is -0.480. The molecular weight excluding hydrogens is 108 g/mol. The van der Waals surface area contributed by atoms with Crippen LogP contribution in [0.2, 0.25) is 0 Å². The molecule has 3 unspecified atom stereocenters. The minimum absolute atomic E-state index is 0.706. The summed E-state index contributed by atoms with van der Waals surface area (Å²) in [5, 5.41) is 0. The smallest absolute Gasteiger partial charge is 0.0155 e. The van der Waals surface area contributed by atoms with Crippen molar-refractivity contribution >= 4 is 0 Å². The Morgan fingerprint density at radius 1 is 1.78 bits per heavy atom. The van der Waals surface area contributed by atoms with Crippen molar-refractivity contribution in [2.24, 2.45) is 17.8 Å². The van der Waals surface area contributed by atoms with Crippen LogP contribution in [0.1, 0.15) is 20.3 Å². The van der Waals surface area contributed by atoms with E-state index in [0.29, 0.717) is 5.92 Å². The van der Waals surface area contributed by atoms with Gasteiger partial charge in [0.05, 0.1) is 0 Å². The molecule has 0 heterocycles. The molecule has 0 radical (unpaired) electrons. The standard InChI is InChI=1S/C9H14/c1-4-5-7(2)9-6-8(9)3/h5,7-9H,1,6H2,2-3H3. The van der Waals surface area contributed by atoms with Gasteiger partial charge in [-0.3, -0.25) is 0 Å². The summed E-state index contributed by atoms with van der Waals surface area (Å²) in [6.45, 7) is 8.10. The molecule has 0 N–H and O–H groups in total. The molecule has 1 fully saturated rings. The SMILES string of the molecule is C=C=CC(C)C1CC1C. The average molecular weight is 122 g/mol.